The molecule has 0 spiro atoms. The van der Waals surface area contributed by atoms with Gasteiger partial charge in [-0.2, -0.15) is 8.42 Å². The number of hydrogen-bond donors (Lipinski definition) is 1. The summed E-state index contributed by atoms with van der Waals surface area (Å²) in [5.41, 5.74) is 0.926. The Labute approximate surface area is 156 Å². The third kappa shape index (κ3) is 5.75. The number of rotatable bonds is 6. The van der Waals surface area contributed by atoms with Gasteiger partial charge in [-0.25, -0.2) is 9.48 Å². The first-order valence-electron chi connectivity index (χ1n) is 8.71. The van der Waals surface area contributed by atoms with Gasteiger partial charge in [0.2, 0.25) is 0 Å². The lowest BCUT2D eigenvalue weighted by Crippen LogP contribution is -2.43. The third-order valence-electron chi connectivity index (χ3n) is 4.46. The summed E-state index contributed by atoms with van der Waals surface area (Å²) in [6.07, 6.45) is 4.26. The first-order valence-corrected chi connectivity index (χ1v) is 10.3. The monoisotopic (exact) mass is 396 g/mol. The molecule has 0 unspecified atom stereocenters. The zero-order valence-corrected chi connectivity index (χ0v) is 15.4. The van der Waals surface area contributed by atoms with Crippen molar-refractivity contribution in [2.45, 2.75) is 50.1 Å². The summed E-state index contributed by atoms with van der Waals surface area (Å²) in [4.78, 5) is 12.1. The summed E-state index contributed by atoms with van der Waals surface area (Å²) in [5.74, 6) is -0.809. The van der Waals surface area contributed by atoms with Crippen LogP contribution in [0.25, 0.3) is 0 Å². The third-order valence-corrected chi connectivity index (χ3v) is 5.10. The van der Waals surface area contributed by atoms with Gasteiger partial charge in [-0.15, -0.1) is 8.98 Å². The largest absolute Gasteiger partial charge is 0.445 e. The number of carbonyl (C=O) groups is 1. The Kier molecular flexibility index (Phi) is 6.04. The second kappa shape index (κ2) is 8.47. The first kappa shape index (κ1) is 19.3. The summed E-state index contributed by atoms with van der Waals surface area (Å²) in [6, 6.07) is 8.95. The van der Waals surface area contributed by atoms with E-state index < -0.39 is 22.1 Å². The van der Waals surface area contributed by atoms with E-state index >= 15 is 0 Å². The fourth-order valence-electron chi connectivity index (χ4n) is 3.23. The Balaban J connectivity index is 1.60. The van der Waals surface area contributed by atoms with E-state index in [0.717, 1.165) is 31.2 Å². The Morgan fingerprint density at radius 3 is 2.74 bits per heavy atom. The standard InChI is InChI=1S/C17H21FN4O4S/c18-27(24,25)12-14-10-22(21-20-14)16-9-5-4-8-15(16)19-17(23)26-11-13-6-2-1-3-7-13/h1-3,6-7,10,15-16H,4-5,8-9,11-12H2,(H,19,23)/t15-,16+/m0/s1. The number of hydrogen-bond acceptors (Lipinski definition) is 6. The molecule has 1 saturated carbocycles. The lowest BCUT2D eigenvalue weighted by Gasteiger charge is -2.31. The SMILES string of the molecule is O=C(N[C@H]1CCCC[C@H]1n1cc(CS(=O)(=O)F)nn1)OCc1ccccc1. The van der Waals surface area contributed by atoms with E-state index in [4.69, 9.17) is 4.74 Å². The van der Waals surface area contributed by atoms with Crippen LogP contribution in [0, 0.1) is 0 Å². The predicted octanol–water partition coefficient (Wildman–Crippen LogP) is 2.49. The number of halogens is 1. The Bertz CT molecular complexity index is 872. The number of benzene rings is 1. The smallest absolute Gasteiger partial charge is 0.407 e. The minimum atomic E-state index is -4.67. The molecule has 0 bridgehead atoms. The molecule has 8 nitrogen and oxygen atoms in total. The van der Waals surface area contributed by atoms with Crippen molar-refractivity contribution in [1.29, 1.82) is 0 Å². The quantitative estimate of drug-likeness (QED) is 0.753. The zero-order valence-electron chi connectivity index (χ0n) is 14.6. The van der Waals surface area contributed by atoms with Gasteiger partial charge in [0.15, 0.2) is 0 Å². The van der Waals surface area contributed by atoms with Crippen LogP contribution < -0.4 is 5.32 Å². The van der Waals surface area contributed by atoms with E-state index in [1.807, 2.05) is 30.3 Å². The van der Waals surface area contributed by atoms with Crippen LogP contribution in [-0.4, -0.2) is 35.5 Å². The minimum absolute atomic E-state index is 0.0356. The fraction of sp³-hybridized carbons (Fsp3) is 0.471. The number of nitrogens with one attached hydrogen (secondary N) is 1. The molecule has 10 heteroatoms. The molecule has 0 radical (unpaired) electrons. The van der Waals surface area contributed by atoms with Crippen LogP contribution in [0.2, 0.25) is 0 Å². The number of nitrogens with zero attached hydrogens (tertiary/aromatic N) is 3. The normalized spacial score (nSPS) is 20.2. The molecule has 2 atom stereocenters. The molecule has 1 aliphatic rings. The molecule has 2 aromatic rings. The van der Waals surface area contributed by atoms with Crippen molar-refractivity contribution in [3.63, 3.8) is 0 Å². The fourth-order valence-corrected chi connectivity index (χ4v) is 3.72. The van der Waals surface area contributed by atoms with Gasteiger partial charge < -0.3 is 10.1 Å². The molecular weight excluding hydrogens is 375 g/mol. The molecule has 146 valence electrons. The number of ether oxygens (including phenoxy) is 1. The molecule has 0 aliphatic heterocycles. The highest BCUT2D eigenvalue weighted by atomic mass is 32.3. The van der Waals surface area contributed by atoms with Gasteiger partial charge in [0, 0.05) is 6.20 Å². The van der Waals surface area contributed by atoms with Crippen molar-refractivity contribution >= 4 is 16.3 Å². The molecule has 3 rings (SSSR count). The van der Waals surface area contributed by atoms with Crippen molar-refractivity contribution in [2.75, 3.05) is 0 Å². The van der Waals surface area contributed by atoms with Gasteiger partial charge in [0.05, 0.1) is 12.1 Å². The molecule has 1 aromatic heterocycles. The lowest BCUT2D eigenvalue weighted by atomic mass is 9.90. The molecular formula is C17H21FN4O4S. The molecule has 27 heavy (non-hydrogen) atoms. The zero-order chi connectivity index (χ0) is 19.3. The topological polar surface area (TPSA) is 103 Å². The number of aromatic nitrogens is 3. The molecule has 1 N–H and O–H groups in total. The summed E-state index contributed by atoms with van der Waals surface area (Å²) in [7, 11) is -4.67. The maximum atomic E-state index is 12.8. The van der Waals surface area contributed by atoms with Crippen LogP contribution in [0.15, 0.2) is 36.5 Å². The Hall–Kier alpha value is -2.49. The molecule has 1 fully saturated rings. The van der Waals surface area contributed by atoms with Gasteiger partial charge in [-0.05, 0) is 18.4 Å². The Morgan fingerprint density at radius 1 is 1.26 bits per heavy atom. The second-order valence-corrected chi connectivity index (χ2v) is 7.90. The van der Waals surface area contributed by atoms with Crippen molar-refractivity contribution in [1.82, 2.24) is 20.3 Å². The Morgan fingerprint density at radius 2 is 2.00 bits per heavy atom. The summed E-state index contributed by atoms with van der Waals surface area (Å²) < 4.78 is 41.1. The van der Waals surface area contributed by atoms with Crippen LogP contribution >= 0.6 is 0 Å². The van der Waals surface area contributed by atoms with Crippen molar-refractivity contribution in [2.24, 2.45) is 0 Å². The predicted molar refractivity (Wildman–Crippen MR) is 94.8 cm³/mol. The van der Waals surface area contributed by atoms with Crippen molar-refractivity contribution < 1.29 is 21.8 Å². The van der Waals surface area contributed by atoms with Crippen LogP contribution in [-0.2, 0) is 27.3 Å². The van der Waals surface area contributed by atoms with Crippen LogP contribution in [0.4, 0.5) is 8.68 Å². The summed E-state index contributed by atoms with van der Waals surface area (Å²) in [6.45, 7) is 0.173. The second-order valence-electron chi connectivity index (χ2n) is 6.54. The molecule has 1 heterocycles. The van der Waals surface area contributed by atoms with E-state index in [9.17, 15) is 17.1 Å². The van der Waals surface area contributed by atoms with Crippen molar-refractivity contribution in [3.8, 4) is 0 Å². The van der Waals surface area contributed by atoms with E-state index in [0.29, 0.717) is 0 Å². The van der Waals surface area contributed by atoms with E-state index in [-0.39, 0.29) is 24.4 Å². The van der Waals surface area contributed by atoms with E-state index in [1.165, 1.54) is 10.9 Å². The van der Waals surface area contributed by atoms with E-state index in [2.05, 4.69) is 15.6 Å². The van der Waals surface area contributed by atoms with Gasteiger partial charge in [-0.3, -0.25) is 0 Å². The molecule has 1 aliphatic carbocycles. The number of amides is 1. The van der Waals surface area contributed by atoms with Gasteiger partial charge in [-0.1, -0.05) is 48.4 Å². The van der Waals surface area contributed by atoms with Gasteiger partial charge in [0.25, 0.3) is 0 Å². The average molecular weight is 396 g/mol. The molecule has 0 saturated heterocycles. The highest BCUT2D eigenvalue weighted by Crippen LogP contribution is 2.28. The van der Waals surface area contributed by atoms with Crippen molar-refractivity contribution in [3.05, 3.63) is 47.8 Å². The number of alkyl carbamates (subject to hydrolysis) is 1. The van der Waals surface area contributed by atoms with Gasteiger partial charge >= 0.3 is 16.3 Å². The van der Waals surface area contributed by atoms with Crippen LogP contribution in [0.1, 0.15) is 43.0 Å². The van der Waals surface area contributed by atoms with Crippen LogP contribution in [0.5, 0.6) is 0 Å². The maximum absolute atomic E-state index is 12.8. The maximum Gasteiger partial charge on any atom is 0.407 e. The molecule has 1 amide bonds. The van der Waals surface area contributed by atoms with Gasteiger partial charge in [0.1, 0.15) is 18.1 Å². The first-order chi connectivity index (χ1) is 12.9. The minimum Gasteiger partial charge on any atom is -0.445 e. The van der Waals surface area contributed by atoms with E-state index in [1.54, 1.807) is 0 Å². The highest BCUT2D eigenvalue weighted by molar-refractivity contribution is 7.85. The summed E-state index contributed by atoms with van der Waals surface area (Å²) in [5, 5.41) is 10.5. The summed E-state index contributed by atoms with van der Waals surface area (Å²) >= 11 is 0. The highest BCUT2D eigenvalue weighted by Gasteiger charge is 2.29. The van der Waals surface area contributed by atoms with Crippen LogP contribution in [0.3, 0.4) is 0 Å². The lowest BCUT2D eigenvalue weighted by molar-refractivity contribution is 0.126. The molecule has 1 aromatic carbocycles. The average Bonchev–Trinajstić information content (AvgIpc) is 3.08. The number of carbonyl (C=O) groups excluding carboxylic acids is 1.